The molecule has 0 bridgehead atoms. The molecule has 3 rings (SSSR count). The summed E-state index contributed by atoms with van der Waals surface area (Å²) in [4.78, 5) is 13.1. The maximum absolute atomic E-state index is 12.6. The van der Waals surface area contributed by atoms with Crippen molar-refractivity contribution < 1.29 is 13.2 Å². The average molecular weight is 364 g/mol. The second-order valence-corrected chi connectivity index (χ2v) is 9.13. The van der Waals surface area contributed by atoms with Gasteiger partial charge in [-0.25, -0.2) is 8.42 Å². The van der Waals surface area contributed by atoms with Crippen molar-refractivity contribution in [2.24, 2.45) is 11.7 Å². The van der Waals surface area contributed by atoms with Crippen LogP contribution in [0.5, 0.6) is 0 Å². The Balaban J connectivity index is 2.00. The lowest BCUT2D eigenvalue weighted by Gasteiger charge is -2.18. The van der Waals surface area contributed by atoms with Crippen LogP contribution in [0, 0.1) is 12.8 Å². The van der Waals surface area contributed by atoms with E-state index in [1.807, 2.05) is 6.92 Å². The fourth-order valence-electron chi connectivity index (χ4n) is 2.98. The summed E-state index contributed by atoms with van der Waals surface area (Å²) in [5, 5.41) is 0.335. The van der Waals surface area contributed by atoms with Gasteiger partial charge in [0.25, 0.3) is 15.9 Å². The Hall–Kier alpha value is -1.86. The Labute approximate surface area is 145 Å². The number of primary amides is 1. The van der Waals surface area contributed by atoms with Crippen LogP contribution in [0.25, 0.3) is 0 Å². The molecule has 0 fully saturated rings. The zero-order chi connectivity index (χ0) is 17.5. The molecule has 0 aliphatic heterocycles. The van der Waals surface area contributed by atoms with E-state index in [0.29, 0.717) is 16.5 Å². The number of amides is 1. The van der Waals surface area contributed by atoms with Crippen LogP contribution in [0.1, 0.15) is 39.7 Å². The molecule has 128 valence electrons. The van der Waals surface area contributed by atoms with Gasteiger partial charge in [-0.3, -0.25) is 9.52 Å². The third kappa shape index (κ3) is 3.18. The van der Waals surface area contributed by atoms with E-state index in [-0.39, 0.29) is 4.90 Å². The van der Waals surface area contributed by atoms with Crippen molar-refractivity contribution in [2.75, 3.05) is 4.72 Å². The lowest BCUT2D eigenvalue weighted by atomic mass is 9.88. The molecule has 0 saturated carbocycles. The zero-order valence-corrected chi connectivity index (χ0v) is 15.3. The standard InChI is InChI=1S/C17H20N2O3S2/c1-10-3-6-12(7-4-10)24(21,22)19-17-15(16(18)20)13-8-5-11(2)9-14(13)23-17/h3-4,6-7,11,19H,5,8-9H2,1-2H3,(H2,18,20)/t11-/m1/s1. The predicted octanol–water partition coefficient (Wildman–Crippen LogP) is 3.08. The Kier molecular flexibility index (Phi) is 4.40. The van der Waals surface area contributed by atoms with Crippen molar-refractivity contribution in [2.45, 2.75) is 38.0 Å². The van der Waals surface area contributed by atoms with Gasteiger partial charge in [-0.05, 0) is 49.8 Å². The number of nitrogens with two attached hydrogens (primary N) is 1. The van der Waals surface area contributed by atoms with Crippen molar-refractivity contribution in [3.63, 3.8) is 0 Å². The van der Waals surface area contributed by atoms with Gasteiger partial charge < -0.3 is 5.73 Å². The van der Waals surface area contributed by atoms with E-state index in [1.54, 1.807) is 24.3 Å². The van der Waals surface area contributed by atoms with Gasteiger partial charge in [0.2, 0.25) is 0 Å². The molecule has 1 amide bonds. The summed E-state index contributed by atoms with van der Waals surface area (Å²) in [6.45, 7) is 4.05. The Morgan fingerprint density at radius 1 is 1.29 bits per heavy atom. The topological polar surface area (TPSA) is 89.3 Å². The maximum Gasteiger partial charge on any atom is 0.262 e. The average Bonchev–Trinajstić information content (AvgIpc) is 2.83. The number of anilines is 1. The minimum Gasteiger partial charge on any atom is -0.365 e. The van der Waals surface area contributed by atoms with Crippen LogP contribution in [0.3, 0.4) is 0 Å². The largest absolute Gasteiger partial charge is 0.365 e. The van der Waals surface area contributed by atoms with Crippen LogP contribution < -0.4 is 10.5 Å². The molecule has 1 heterocycles. The summed E-state index contributed by atoms with van der Waals surface area (Å²) in [7, 11) is -3.75. The van der Waals surface area contributed by atoms with Crippen molar-refractivity contribution >= 4 is 32.3 Å². The molecule has 2 aromatic rings. The van der Waals surface area contributed by atoms with E-state index in [2.05, 4.69) is 11.6 Å². The maximum atomic E-state index is 12.6. The molecule has 1 aliphatic rings. The fraction of sp³-hybridized carbons (Fsp3) is 0.353. The van der Waals surface area contributed by atoms with Crippen LogP contribution in [-0.2, 0) is 22.9 Å². The van der Waals surface area contributed by atoms with Gasteiger partial charge in [0.05, 0.1) is 10.5 Å². The van der Waals surface area contributed by atoms with Crippen LogP contribution in [-0.4, -0.2) is 14.3 Å². The van der Waals surface area contributed by atoms with Crippen molar-refractivity contribution in [3.8, 4) is 0 Å². The summed E-state index contributed by atoms with van der Waals surface area (Å²) in [6.07, 6.45) is 2.60. The van der Waals surface area contributed by atoms with Crippen molar-refractivity contribution in [3.05, 3.63) is 45.8 Å². The van der Waals surface area contributed by atoms with E-state index in [0.717, 1.165) is 35.3 Å². The molecular formula is C17H20N2O3S2. The number of rotatable bonds is 4. The first-order chi connectivity index (χ1) is 11.3. The third-order valence-electron chi connectivity index (χ3n) is 4.32. The minimum atomic E-state index is -3.75. The van der Waals surface area contributed by atoms with Gasteiger partial charge in [-0.1, -0.05) is 24.6 Å². The fourth-order valence-corrected chi connectivity index (χ4v) is 5.70. The van der Waals surface area contributed by atoms with Crippen LogP contribution in [0.4, 0.5) is 5.00 Å². The van der Waals surface area contributed by atoms with Crippen LogP contribution in [0.2, 0.25) is 0 Å². The molecule has 0 saturated heterocycles. The number of benzene rings is 1. The van der Waals surface area contributed by atoms with Gasteiger partial charge >= 0.3 is 0 Å². The lowest BCUT2D eigenvalue weighted by molar-refractivity contribution is 0.100. The number of aryl methyl sites for hydroxylation is 1. The molecular weight excluding hydrogens is 344 g/mol. The number of carbonyl (C=O) groups excluding carboxylic acids is 1. The number of fused-ring (bicyclic) bond motifs is 1. The molecule has 1 aromatic carbocycles. The second kappa shape index (κ2) is 6.22. The highest BCUT2D eigenvalue weighted by Crippen LogP contribution is 2.40. The zero-order valence-electron chi connectivity index (χ0n) is 13.6. The molecule has 0 spiro atoms. The highest BCUT2D eigenvalue weighted by molar-refractivity contribution is 7.93. The Morgan fingerprint density at radius 2 is 1.96 bits per heavy atom. The first kappa shape index (κ1) is 17.0. The smallest absolute Gasteiger partial charge is 0.262 e. The normalized spacial score (nSPS) is 17.3. The van der Waals surface area contributed by atoms with Gasteiger partial charge in [0.15, 0.2) is 0 Å². The number of hydrogen-bond donors (Lipinski definition) is 2. The Bertz CT molecular complexity index is 883. The van der Waals surface area contributed by atoms with E-state index in [1.165, 1.54) is 11.3 Å². The number of nitrogens with one attached hydrogen (secondary N) is 1. The first-order valence-electron chi connectivity index (χ1n) is 7.81. The van der Waals surface area contributed by atoms with E-state index < -0.39 is 15.9 Å². The minimum absolute atomic E-state index is 0.170. The third-order valence-corrected chi connectivity index (χ3v) is 6.98. The number of carbonyl (C=O) groups is 1. The van der Waals surface area contributed by atoms with Crippen LogP contribution >= 0.6 is 11.3 Å². The van der Waals surface area contributed by atoms with Gasteiger partial charge in [0.1, 0.15) is 5.00 Å². The molecule has 3 N–H and O–H groups in total. The molecule has 1 atom stereocenters. The van der Waals surface area contributed by atoms with Gasteiger partial charge in [0, 0.05) is 4.88 Å². The molecule has 24 heavy (non-hydrogen) atoms. The van der Waals surface area contributed by atoms with Crippen molar-refractivity contribution in [1.82, 2.24) is 0 Å². The molecule has 5 nitrogen and oxygen atoms in total. The molecule has 0 radical (unpaired) electrons. The summed E-state index contributed by atoms with van der Waals surface area (Å²) >= 11 is 1.33. The van der Waals surface area contributed by atoms with Crippen LogP contribution in [0.15, 0.2) is 29.2 Å². The summed E-state index contributed by atoms with van der Waals surface area (Å²) < 4.78 is 27.8. The lowest BCUT2D eigenvalue weighted by Crippen LogP contribution is -2.19. The SMILES string of the molecule is Cc1ccc(S(=O)(=O)Nc2sc3c(c2C(N)=O)CC[C@@H](C)C3)cc1. The monoisotopic (exact) mass is 364 g/mol. The van der Waals surface area contributed by atoms with E-state index in [9.17, 15) is 13.2 Å². The van der Waals surface area contributed by atoms with Gasteiger partial charge in [-0.2, -0.15) is 0 Å². The molecule has 7 heteroatoms. The highest BCUT2D eigenvalue weighted by Gasteiger charge is 2.28. The number of sulfonamides is 1. The molecule has 1 aliphatic carbocycles. The van der Waals surface area contributed by atoms with Gasteiger partial charge in [-0.15, -0.1) is 11.3 Å². The number of thiophene rings is 1. The molecule has 1 aromatic heterocycles. The quantitative estimate of drug-likeness (QED) is 0.874. The highest BCUT2D eigenvalue weighted by atomic mass is 32.2. The van der Waals surface area contributed by atoms with Crippen molar-refractivity contribution in [1.29, 1.82) is 0 Å². The molecule has 0 unspecified atom stereocenters. The summed E-state index contributed by atoms with van der Waals surface area (Å²) in [6, 6.07) is 6.59. The summed E-state index contributed by atoms with van der Waals surface area (Å²) in [5.74, 6) is -0.0536. The van der Waals surface area contributed by atoms with E-state index in [4.69, 9.17) is 5.73 Å². The first-order valence-corrected chi connectivity index (χ1v) is 10.1. The number of hydrogen-bond acceptors (Lipinski definition) is 4. The Morgan fingerprint density at radius 3 is 2.58 bits per heavy atom. The second-order valence-electron chi connectivity index (χ2n) is 6.34. The summed E-state index contributed by atoms with van der Waals surface area (Å²) in [5.41, 5.74) is 7.75. The van der Waals surface area contributed by atoms with E-state index >= 15 is 0 Å². The predicted molar refractivity (Wildman–Crippen MR) is 96.0 cm³/mol.